The van der Waals surface area contributed by atoms with Gasteiger partial charge in [-0.1, -0.05) is 18.0 Å². The van der Waals surface area contributed by atoms with Crippen LogP contribution in [0.4, 0.5) is 0 Å². The highest BCUT2D eigenvalue weighted by molar-refractivity contribution is 6.29. The van der Waals surface area contributed by atoms with Crippen molar-refractivity contribution in [1.82, 2.24) is 14.9 Å². The van der Waals surface area contributed by atoms with E-state index >= 15 is 0 Å². The maximum absolute atomic E-state index is 9.30. The van der Waals surface area contributed by atoms with E-state index in [4.69, 9.17) is 11.6 Å². The van der Waals surface area contributed by atoms with Crippen LogP contribution in [0, 0.1) is 0 Å². The zero-order chi connectivity index (χ0) is 11.4. The minimum Gasteiger partial charge on any atom is -0.395 e. The standard InChI is InChI=1S/C11H16ClN3O/c12-11-10(13-4-5-14-11)7-15-6-2-1-3-9(15)8-16/h4-5,9,16H,1-3,6-8H2/t9-/m0/s1. The Balaban J connectivity index is 2.05. The summed E-state index contributed by atoms with van der Waals surface area (Å²) >= 11 is 5.97. The molecule has 1 saturated heterocycles. The van der Waals surface area contributed by atoms with E-state index in [0.29, 0.717) is 11.7 Å². The molecule has 4 nitrogen and oxygen atoms in total. The van der Waals surface area contributed by atoms with Gasteiger partial charge in [-0.25, -0.2) is 4.98 Å². The number of hydrogen-bond donors (Lipinski definition) is 1. The van der Waals surface area contributed by atoms with Gasteiger partial charge < -0.3 is 5.11 Å². The SMILES string of the molecule is OC[C@@H]1CCCCN1Cc1nccnc1Cl. The van der Waals surface area contributed by atoms with E-state index in [1.807, 2.05) is 0 Å². The van der Waals surface area contributed by atoms with Crippen LogP contribution in [-0.2, 0) is 6.54 Å². The summed E-state index contributed by atoms with van der Waals surface area (Å²) in [7, 11) is 0. The van der Waals surface area contributed by atoms with Crippen molar-refractivity contribution in [2.75, 3.05) is 13.2 Å². The van der Waals surface area contributed by atoms with Gasteiger partial charge in [0.1, 0.15) is 0 Å². The molecule has 5 heteroatoms. The Hall–Kier alpha value is -0.710. The lowest BCUT2D eigenvalue weighted by Crippen LogP contribution is -2.41. The van der Waals surface area contributed by atoms with Crippen molar-refractivity contribution in [2.45, 2.75) is 31.8 Å². The highest BCUT2D eigenvalue weighted by Crippen LogP contribution is 2.20. The molecule has 1 aliphatic rings. The molecule has 2 heterocycles. The summed E-state index contributed by atoms with van der Waals surface area (Å²) in [6.45, 7) is 1.88. The highest BCUT2D eigenvalue weighted by atomic mass is 35.5. The highest BCUT2D eigenvalue weighted by Gasteiger charge is 2.22. The van der Waals surface area contributed by atoms with Crippen molar-refractivity contribution < 1.29 is 5.11 Å². The third kappa shape index (κ3) is 2.70. The molecule has 1 atom stereocenters. The fourth-order valence-electron chi connectivity index (χ4n) is 2.12. The van der Waals surface area contributed by atoms with Gasteiger partial charge in [0.15, 0.2) is 5.15 Å². The number of aliphatic hydroxyl groups excluding tert-OH is 1. The normalized spacial score (nSPS) is 22.2. The molecule has 0 aliphatic carbocycles. The van der Waals surface area contributed by atoms with Gasteiger partial charge in [-0.15, -0.1) is 0 Å². The Morgan fingerprint density at radius 3 is 2.94 bits per heavy atom. The predicted octanol–water partition coefficient (Wildman–Crippen LogP) is 1.48. The molecule has 1 N–H and O–H groups in total. The van der Waals surface area contributed by atoms with Crippen LogP contribution >= 0.6 is 11.6 Å². The average Bonchev–Trinajstić information content (AvgIpc) is 2.33. The second-order valence-corrected chi connectivity index (χ2v) is 4.45. The van der Waals surface area contributed by atoms with E-state index < -0.39 is 0 Å². The Morgan fingerprint density at radius 2 is 2.19 bits per heavy atom. The van der Waals surface area contributed by atoms with Crippen LogP contribution in [-0.4, -0.2) is 39.2 Å². The van der Waals surface area contributed by atoms with Crippen LogP contribution in [0.3, 0.4) is 0 Å². The van der Waals surface area contributed by atoms with Gasteiger partial charge >= 0.3 is 0 Å². The molecule has 1 fully saturated rings. The number of piperidine rings is 1. The van der Waals surface area contributed by atoms with Crippen molar-refractivity contribution in [3.8, 4) is 0 Å². The zero-order valence-corrected chi connectivity index (χ0v) is 9.90. The van der Waals surface area contributed by atoms with Gasteiger partial charge in [-0.05, 0) is 19.4 Å². The lowest BCUT2D eigenvalue weighted by Gasteiger charge is -2.34. The summed E-state index contributed by atoms with van der Waals surface area (Å²) in [5.41, 5.74) is 0.796. The Morgan fingerprint density at radius 1 is 1.38 bits per heavy atom. The molecule has 88 valence electrons. The van der Waals surface area contributed by atoms with Crippen LogP contribution in [0.5, 0.6) is 0 Å². The summed E-state index contributed by atoms with van der Waals surface area (Å²) in [5.74, 6) is 0. The first kappa shape index (κ1) is 11.8. The number of aliphatic hydroxyl groups is 1. The number of rotatable bonds is 3. The third-order valence-corrected chi connectivity index (χ3v) is 3.35. The molecular weight excluding hydrogens is 226 g/mol. The molecule has 0 spiro atoms. The zero-order valence-electron chi connectivity index (χ0n) is 9.14. The van der Waals surface area contributed by atoms with Gasteiger partial charge in [0.05, 0.1) is 12.3 Å². The lowest BCUT2D eigenvalue weighted by molar-refractivity contribution is 0.0830. The van der Waals surface area contributed by atoms with Gasteiger partial charge in [0.25, 0.3) is 0 Å². The number of halogens is 1. The molecule has 0 radical (unpaired) electrons. The lowest BCUT2D eigenvalue weighted by atomic mass is 10.0. The maximum Gasteiger partial charge on any atom is 0.151 e. The molecule has 2 rings (SSSR count). The van der Waals surface area contributed by atoms with E-state index in [2.05, 4.69) is 14.9 Å². The van der Waals surface area contributed by atoms with Gasteiger partial charge in [-0.2, -0.15) is 0 Å². The van der Waals surface area contributed by atoms with E-state index in [9.17, 15) is 5.11 Å². The summed E-state index contributed by atoms with van der Waals surface area (Å²) in [4.78, 5) is 10.5. The largest absolute Gasteiger partial charge is 0.395 e. The van der Waals surface area contributed by atoms with Gasteiger partial charge in [-0.3, -0.25) is 9.88 Å². The number of hydrogen-bond acceptors (Lipinski definition) is 4. The Labute approximate surface area is 100 Å². The van der Waals surface area contributed by atoms with Crippen molar-refractivity contribution in [1.29, 1.82) is 0 Å². The second kappa shape index (κ2) is 5.57. The molecule has 0 aromatic carbocycles. The Bertz CT molecular complexity index is 348. The van der Waals surface area contributed by atoms with E-state index in [0.717, 1.165) is 18.7 Å². The topological polar surface area (TPSA) is 49.2 Å². The second-order valence-electron chi connectivity index (χ2n) is 4.10. The first-order valence-corrected chi connectivity index (χ1v) is 5.99. The molecular formula is C11H16ClN3O. The quantitative estimate of drug-likeness (QED) is 0.871. The van der Waals surface area contributed by atoms with E-state index in [1.165, 1.54) is 12.8 Å². The number of likely N-dealkylation sites (tertiary alicyclic amines) is 1. The minimum atomic E-state index is 0.206. The fourth-order valence-corrected chi connectivity index (χ4v) is 2.29. The smallest absolute Gasteiger partial charge is 0.151 e. The molecule has 0 saturated carbocycles. The van der Waals surface area contributed by atoms with Crippen molar-refractivity contribution in [2.24, 2.45) is 0 Å². The van der Waals surface area contributed by atoms with Crippen molar-refractivity contribution in [3.63, 3.8) is 0 Å². The predicted molar refractivity (Wildman–Crippen MR) is 62.2 cm³/mol. The molecule has 0 bridgehead atoms. The maximum atomic E-state index is 9.30. The summed E-state index contributed by atoms with van der Waals surface area (Å²) < 4.78 is 0. The number of aromatic nitrogens is 2. The van der Waals surface area contributed by atoms with Crippen LogP contribution in [0.1, 0.15) is 25.0 Å². The third-order valence-electron chi connectivity index (χ3n) is 3.04. The Kier molecular flexibility index (Phi) is 4.09. The molecule has 0 amide bonds. The van der Waals surface area contributed by atoms with Crippen LogP contribution in [0.2, 0.25) is 5.15 Å². The summed E-state index contributed by atoms with van der Waals surface area (Å²) in [5, 5.41) is 9.76. The molecule has 1 aromatic rings. The molecule has 0 unspecified atom stereocenters. The fraction of sp³-hybridized carbons (Fsp3) is 0.636. The number of nitrogens with zero attached hydrogens (tertiary/aromatic N) is 3. The van der Waals surface area contributed by atoms with Gasteiger partial charge in [0, 0.05) is 25.0 Å². The van der Waals surface area contributed by atoms with Gasteiger partial charge in [0.2, 0.25) is 0 Å². The average molecular weight is 242 g/mol. The van der Waals surface area contributed by atoms with Crippen molar-refractivity contribution in [3.05, 3.63) is 23.2 Å². The molecule has 1 aliphatic heterocycles. The van der Waals surface area contributed by atoms with E-state index in [-0.39, 0.29) is 12.6 Å². The molecule has 16 heavy (non-hydrogen) atoms. The van der Waals surface area contributed by atoms with Crippen LogP contribution in [0.25, 0.3) is 0 Å². The minimum absolute atomic E-state index is 0.206. The first-order chi connectivity index (χ1) is 7.81. The summed E-state index contributed by atoms with van der Waals surface area (Å²) in [6, 6.07) is 0.242. The van der Waals surface area contributed by atoms with E-state index in [1.54, 1.807) is 12.4 Å². The van der Waals surface area contributed by atoms with Crippen molar-refractivity contribution >= 4 is 11.6 Å². The van der Waals surface area contributed by atoms with Crippen LogP contribution < -0.4 is 0 Å². The summed E-state index contributed by atoms with van der Waals surface area (Å²) in [6.07, 6.45) is 6.66. The monoisotopic (exact) mass is 241 g/mol. The molecule has 1 aromatic heterocycles. The van der Waals surface area contributed by atoms with Crippen LogP contribution in [0.15, 0.2) is 12.4 Å². The first-order valence-electron chi connectivity index (χ1n) is 5.61.